The van der Waals surface area contributed by atoms with Crippen molar-refractivity contribution in [3.05, 3.63) is 35.9 Å². The van der Waals surface area contributed by atoms with Gasteiger partial charge in [-0.05, 0) is 42.2 Å². The van der Waals surface area contributed by atoms with Gasteiger partial charge in [-0.2, -0.15) is 0 Å². The lowest BCUT2D eigenvalue weighted by molar-refractivity contribution is -0.132. The third kappa shape index (κ3) is 0.806. The Morgan fingerprint density at radius 1 is 1.08 bits per heavy atom. The molecular formula is C12H15N. The van der Waals surface area contributed by atoms with Gasteiger partial charge in [0.2, 0.25) is 0 Å². The van der Waals surface area contributed by atoms with E-state index >= 15 is 0 Å². The number of rotatable bonds is 2. The van der Waals surface area contributed by atoms with Crippen LogP contribution in [0.25, 0.3) is 0 Å². The molecule has 1 aromatic carbocycles. The summed E-state index contributed by atoms with van der Waals surface area (Å²) in [6.45, 7) is 0.890. The van der Waals surface area contributed by atoms with E-state index in [1.807, 2.05) is 0 Å². The van der Waals surface area contributed by atoms with E-state index < -0.39 is 0 Å². The van der Waals surface area contributed by atoms with E-state index in [1.54, 1.807) is 0 Å². The van der Waals surface area contributed by atoms with Gasteiger partial charge in [0.15, 0.2) is 0 Å². The van der Waals surface area contributed by atoms with Gasteiger partial charge in [-0.3, -0.25) is 0 Å². The fourth-order valence-corrected chi connectivity index (χ4v) is 3.31. The summed E-state index contributed by atoms with van der Waals surface area (Å²) in [5.41, 5.74) is 8.37. The van der Waals surface area contributed by atoms with Gasteiger partial charge in [-0.1, -0.05) is 30.3 Å². The molecule has 0 aliphatic heterocycles. The summed E-state index contributed by atoms with van der Waals surface area (Å²) in [6.07, 6.45) is 4.00. The predicted octanol–water partition coefficient (Wildman–Crippen LogP) is 2.07. The third-order valence-electron chi connectivity index (χ3n) is 3.96. The number of nitrogens with two attached hydrogens (primary N) is 1. The molecule has 2 N–H and O–H groups in total. The van der Waals surface area contributed by atoms with Crippen molar-refractivity contribution in [2.45, 2.75) is 24.7 Å². The molecular weight excluding hydrogens is 158 g/mol. The molecule has 3 aliphatic carbocycles. The van der Waals surface area contributed by atoms with Crippen LogP contribution in [0.3, 0.4) is 0 Å². The molecule has 3 aliphatic rings. The van der Waals surface area contributed by atoms with Crippen LogP contribution >= 0.6 is 0 Å². The van der Waals surface area contributed by atoms with Crippen molar-refractivity contribution in [1.82, 2.24) is 0 Å². The first-order valence-electron chi connectivity index (χ1n) is 5.04. The van der Waals surface area contributed by atoms with E-state index in [4.69, 9.17) is 5.73 Å². The largest absolute Gasteiger partial charge is 0.330 e. The van der Waals surface area contributed by atoms with Crippen molar-refractivity contribution in [2.75, 3.05) is 6.54 Å². The Kier molecular flexibility index (Phi) is 1.26. The zero-order valence-corrected chi connectivity index (χ0v) is 7.79. The predicted molar refractivity (Wildman–Crippen MR) is 53.5 cm³/mol. The van der Waals surface area contributed by atoms with Crippen LogP contribution in [0, 0.1) is 5.41 Å². The molecule has 0 saturated heterocycles. The molecule has 3 fully saturated rings. The van der Waals surface area contributed by atoms with E-state index in [1.165, 1.54) is 24.8 Å². The highest BCUT2D eigenvalue weighted by Crippen LogP contribution is 2.72. The van der Waals surface area contributed by atoms with Crippen molar-refractivity contribution >= 4 is 0 Å². The molecule has 3 saturated carbocycles. The van der Waals surface area contributed by atoms with E-state index in [0.29, 0.717) is 10.8 Å². The van der Waals surface area contributed by atoms with Crippen molar-refractivity contribution in [1.29, 1.82) is 0 Å². The van der Waals surface area contributed by atoms with Crippen LogP contribution in [0.4, 0.5) is 0 Å². The summed E-state index contributed by atoms with van der Waals surface area (Å²) in [5, 5.41) is 0. The first kappa shape index (κ1) is 7.57. The maximum Gasteiger partial charge on any atom is -0.00196 e. The summed E-state index contributed by atoms with van der Waals surface area (Å²) in [4.78, 5) is 0. The van der Waals surface area contributed by atoms with Gasteiger partial charge in [0.25, 0.3) is 0 Å². The highest BCUT2D eigenvalue weighted by atomic mass is 14.8. The second-order valence-electron chi connectivity index (χ2n) is 4.88. The Hall–Kier alpha value is -0.820. The summed E-state index contributed by atoms with van der Waals surface area (Å²) >= 11 is 0. The summed E-state index contributed by atoms with van der Waals surface area (Å²) < 4.78 is 0. The molecule has 1 nitrogen and oxygen atoms in total. The van der Waals surface area contributed by atoms with Gasteiger partial charge >= 0.3 is 0 Å². The van der Waals surface area contributed by atoms with Crippen LogP contribution in [0.15, 0.2) is 30.3 Å². The van der Waals surface area contributed by atoms with Crippen molar-refractivity contribution < 1.29 is 0 Å². The first-order valence-corrected chi connectivity index (χ1v) is 5.04. The summed E-state index contributed by atoms with van der Waals surface area (Å²) in [5.74, 6) is 0. The van der Waals surface area contributed by atoms with Gasteiger partial charge < -0.3 is 5.73 Å². The summed E-state index contributed by atoms with van der Waals surface area (Å²) in [6, 6.07) is 10.9. The topological polar surface area (TPSA) is 26.0 Å². The summed E-state index contributed by atoms with van der Waals surface area (Å²) in [7, 11) is 0. The lowest BCUT2D eigenvalue weighted by Crippen LogP contribution is -2.67. The standard InChI is InChI=1S/C12H15N/c13-9-11-6-12(7-11,8-11)10-4-2-1-3-5-10/h1-5H,6-9,13H2. The average Bonchev–Trinajstić information content (AvgIpc) is 2.02. The SMILES string of the molecule is NCC12CC(c3ccccc3)(C1)C2. The molecule has 2 bridgehead atoms. The fourth-order valence-electron chi connectivity index (χ4n) is 3.31. The normalized spacial score (nSPS) is 40.7. The Balaban J connectivity index is 1.85. The quantitative estimate of drug-likeness (QED) is 0.728. The molecule has 0 spiro atoms. The van der Waals surface area contributed by atoms with Gasteiger partial charge in [0, 0.05) is 0 Å². The van der Waals surface area contributed by atoms with Gasteiger partial charge in [0.05, 0.1) is 0 Å². The maximum absolute atomic E-state index is 5.74. The molecule has 13 heavy (non-hydrogen) atoms. The molecule has 0 atom stereocenters. The van der Waals surface area contributed by atoms with Crippen molar-refractivity contribution in [3.8, 4) is 0 Å². The third-order valence-corrected chi connectivity index (χ3v) is 3.96. The molecule has 0 unspecified atom stereocenters. The average molecular weight is 173 g/mol. The van der Waals surface area contributed by atoms with E-state index in [2.05, 4.69) is 30.3 Å². The molecule has 1 heteroatoms. The van der Waals surface area contributed by atoms with Crippen LogP contribution in [0.5, 0.6) is 0 Å². The Morgan fingerprint density at radius 3 is 2.23 bits per heavy atom. The minimum absolute atomic E-state index is 0.542. The van der Waals surface area contributed by atoms with Crippen molar-refractivity contribution in [3.63, 3.8) is 0 Å². The zero-order chi connectivity index (χ0) is 8.94. The monoisotopic (exact) mass is 173 g/mol. The fraction of sp³-hybridized carbons (Fsp3) is 0.500. The van der Waals surface area contributed by atoms with Crippen LogP contribution < -0.4 is 5.73 Å². The zero-order valence-electron chi connectivity index (χ0n) is 7.79. The molecule has 0 amide bonds. The van der Waals surface area contributed by atoms with E-state index in [0.717, 1.165) is 6.54 Å². The van der Waals surface area contributed by atoms with Crippen LogP contribution in [0.2, 0.25) is 0 Å². The minimum atomic E-state index is 0.542. The number of hydrogen-bond donors (Lipinski definition) is 1. The second kappa shape index (κ2) is 2.16. The molecule has 0 radical (unpaired) electrons. The Morgan fingerprint density at radius 2 is 1.69 bits per heavy atom. The van der Waals surface area contributed by atoms with Gasteiger partial charge in [0.1, 0.15) is 0 Å². The van der Waals surface area contributed by atoms with E-state index in [-0.39, 0.29) is 0 Å². The highest BCUT2D eigenvalue weighted by Gasteiger charge is 2.67. The smallest absolute Gasteiger partial charge is 0.00196 e. The highest BCUT2D eigenvalue weighted by molar-refractivity contribution is 5.38. The Labute approximate surface area is 78.9 Å². The lowest BCUT2D eigenvalue weighted by atomic mass is 9.33. The molecule has 4 rings (SSSR count). The minimum Gasteiger partial charge on any atom is -0.330 e. The van der Waals surface area contributed by atoms with E-state index in [9.17, 15) is 0 Å². The molecule has 68 valence electrons. The number of benzene rings is 1. The van der Waals surface area contributed by atoms with Crippen LogP contribution in [0.1, 0.15) is 24.8 Å². The first-order chi connectivity index (χ1) is 6.29. The molecule has 0 heterocycles. The van der Waals surface area contributed by atoms with Crippen molar-refractivity contribution in [2.24, 2.45) is 11.1 Å². The van der Waals surface area contributed by atoms with Crippen LogP contribution in [-0.4, -0.2) is 6.54 Å². The maximum atomic E-state index is 5.74. The second-order valence-corrected chi connectivity index (χ2v) is 4.88. The van der Waals surface area contributed by atoms with Gasteiger partial charge in [-0.15, -0.1) is 0 Å². The lowest BCUT2D eigenvalue weighted by Gasteiger charge is -2.71. The Bertz CT molecular complexity index is 308. The number of hydrogen-bond acceptors (Lipinski definition) is 1. The van der Waals surface area contributed by atoms with Crippen LogP contribution in [-0.2, 0) is 5.41 Å². The molecule has 1 aromatic rings. The molecule has 0 aromatic heterocycles. The van der Waals surface area contributed by atoms with Gasteiger partial charge in [-0.25, -0.2) is 0 Å².